The van der Waals surface area contributed by atoms with Crippen molar-refractivity contribution in [1.82, 2.24) is 9.88 Å². The number of carbonyl (C=O) groups excluding carboxylic acids is 1. The van der Waals surface area contributed by atoms with Gasteiger partial charge in [-0.15, -0.1) is 0 Å². The minimum absolute atomic E-state index is 0.0157. The Hall–Kier alpha value is -2.40. The Labute approximate surface area is 147 Å². The van der Waals surface area contributed by atoms with Gasteiger partial charge < -0.3 is 14.7 Å². The summed E-state index contributed by atoms with van der Waals surface area (Å²) in [5, 5.41) is 10.6. The van der Waals surface area contributed by atoms with Crippen molar-refractivity contribution >= 4 is 5.91 Å². The zero-order valence-electron chi connectivity index (χ0n) is 14.1. The van der Waals surface area contributed by atoms with Gasteiger partial charge in [0.1, 0.15) is 11.4 Å². The fraction of sp³-hybridized carbons (Fsp3) is 0.400. The van der Waals surface area contributed by atoms with Crippen LogP contribution in [0.3, 0.4) is 0 Å². The van der Waals surface area contributed by atoms with E-state index in [4.69, 9.17) is 4.74 Å². The summed E-state index contributed by atoms with van der Waals surface area (Å²) in [7, 11) is 0. The third kappa shape index (κ3) is 3.12. The molecule has 1 saturated heterocycles. The highest BCUT2D eigenvalue weighted by molar-refractivity contribution is 5.93. The molecule has 1 amide bonds. The van der Waals surface area contributed by atoms with Crippen LogP contribution in [-0.4, -0.2) is 39.6 Å². The second-order valence-corrected chi connectivity index (χ2v) is 6.93. The molecule has 1 aromatic heterocycles. The number of nitrogens with zero attached hydrogens (tertiary/aromatic N) is 2. The predicted molar refractivity (Wildman–Crippen MR) is 93.4 cm³/mol. The minimum atomic E-state index is -0.509. The topological polar surface area (TPSA) is 62.7 Å². The molecule has 5 nitrogen and oxygen atoms in total. The van der Waals surface area contributed by atoms with Crippen LogP contribution in [0.5, 0.6) is 5.75 Å². The van der Waals surface area contributed by atoms with Crippen molar-refractivity contribution in [3.8, 4) is 5.75 Å². The normalized spacial score (nSPS) is 25.8. The fourth-order valence-electron chi connectivity index (χ4n) is 3.93. The molecule has 0 radical (unpaired) electrons. The van der Waals surface area contributed by atoms with Crippen LogP contribution in [0.25, 0.3) is 0 Å². The number of hydrogen-bond acceptors (Lipinski definition) is 4. The van der Waals surface area contributed by atoms with Crippen LogP contribution in [0.15, 0.2) is 48.8 Å². The smallest absolute Gasteiger partial charge is 0.255 e. The molecule has 1 spiro atoms. The Bertz CT molecular complexity index is 765. The SMILES string of the molecule is O=C(c1cccnc1)N1CCCC2(CC1)CC(O)c1ccccc1O2. The van der Waals surface area contributed by atoms with Crippen LogP contribution in [0.1, 0.15) is 47.7 Å². The molecule has 2 aromatic rings. The van der Waals surface area contributed by atoms with Gasteiger partial charge in [0.25, 0.3) is 5.91 Å². The Morgan fingerprint density at radius 3 is 2.92 bits per heavy atom. The molecule has 2 atom stereocenters. The summed E-state index contributed by atoms with van der Waals surface area (Å²) < 4.78 is 6.33. The number of hydrogen-bond donors (Lipinski definition) is 1. The van der Waals surface area contributed by atoms with Crippen LogP contribution >= 0.6 is 0 Å². The number of aliphatic hydroxyl groups is 1. The van der Waals surface area contributed by atoms with Crippen LogP contribution < -0.4 is 4.74 Å². The largest absolute Gasteiger partial charge is 0.487 e. The number of likely N-dealkylation sites (tertiary alicyclic amines) is 1. The number of aromatic nitrogens is 1. The van der Waals surface area contributed by atoms with Gasteiger partial charge in [-0.3, -0.25) is 9.78 Å². The van der Waals surface area contributed by atoms with Gasteiger partial charge in [-0.1, -0.05) is 18.2 Å². The zero-order valence-corrected chi connectivity index (χ0v) is 14.1. The van der Waals surface area contributed by atoms with Crippen molar-refractivity contribution in [1.29, 1.82) is 0 Å². The molecule has 1 N–H and O–H groups in total. The molecule has 2 aliphatic rings. The Morgan fingerprint density at radius 1 is 1.20 bits per heavy atom. The van der Waals surface area contributed by atoms with E-state index in [0.717, 1.165) is 30.6 Å². The summed E-state index contributed by atoms with van der Waals surface area (Å²) in [5.74, 6) is 0.787. The number of benzene rings is 1. The van der Waals surface area contributed by atoms with Crippen molar-refractivity contribution in [3.05, 3.63) is 59.9 Å². The Morgan fingerprint density at radius 2 is 2.08 bits per heavy atom. The standard InChI is InChI=1S/C20H22N2O3/c23-17-13-20(25-18-7-2-1-6-16(17)18)8-4-11-22(12-9-20)19(24)15-5-3-10-21-14-15/h1-3,5-7,10,14,17,23H,4,8-9,11-13H2. The predicted octanol–water partition coefficient (Wildman–Crippen LogP) is 2.96. The lowest BCUT2D eigenvalue weighted by atomic mass is 9.83. The highest BCUT2D eigenvalue weighted by Crippen LogP contribution is 2.44. The van der Waals surface area contributed by atoms with Crippen LogP contribution in [0.2, 0.25) is 0 Å². The molecular weight excluding hydrogens is 316 g/mol. The minimum Gasteiger partial charge on any atom is -0.487 e. The summed E-state index contributed by atoms with van der Waals surface area (Å²) in [4.78, 5) is 18.6. The average molecular weight is 338 g/mol. The molecule has 2 aliphatic heterocycles. The lowest BCUT2D eigenvalue weighted by Crippen LogP contribution is -2.42. The van der Waals surface area contributed by atoms with Gasteiger partial charge in [0, 0.05) is 43.9 Å². The molecule has 5 heteroatoms. The number of ether oxygens (including phenoxy) is 1. The first kappa shape index (κ1) is 16.1. The molecule has 2 unspecified atom stereocenters. The summed E-state index contributed by atoms with van der Waals surface area (Å²) in [5.41, 5.74) is 1.09. The average Bonchev–Trinajstić information content (AvgIpc) is 2.84. The van der Waals surface area contributed by atoms with Gasteiger partial charge in [0.15, 0.2) is 0 Å². The van der Waals surface area contributed by atoms with Gasteiger partial charge in [-0.05, 0) is 31.0 Å². The van der Waals surface area contributed by atoms with Crippen molar-refractivity contribution in [3.63, 3.8) is 0 Å². The van der Waals surface area contributed by atoms with E-state index in [-0.39, 0.29) is 5.91 Å². The van der Waals surface area contributed by atoms with E-state index in [2.05, 4.69) is 4.98 Å². The van der Waals surface area contributed by atoms with E-state index < -0.39 is 11.7 Å². The maximum absolute atomic E-state index is 12.7. The summed E-state index contributed by atoms with van der Waals surface area (Å²) >= 11 is 0. The first-order valence-corrected chi connectivity index (χ1v) is 8.82. The highest BCUT2D eigenvalue weighted by atomic mass is 16.5. The van der Waals surface area contributed by atoms with Crippen molar-refractivity contribution < 1.29 is 14.6 Å². The quantitative estimate of drug-likeness (QED) is 0.868. The summed E-state index contributed by atoms with van der Waals surface area (Å²) in [6.45, 7) is 1.33. The number of aliphatic hydroxyl groups excluding tert-OH is 1. The summed E-state index contributed by atoms with van der Waals surface area (Å²) in [6, 6.07) is 11.3. The van der Waals surface area contributed by atoms with E-state index >= 15 is 0 Å². The summed E-state index contributed by atoms with van der Waals surface area (Å²) in [6.07, 6.45) is 5.79. The molecular formula is C20H22N2O3. The first-order chi connectivity index (χ1) is 12.2. The van der Waals surface area contributed by atoms with E-state index in [0.29, 0.717) is 25.1 Å². The van der Waals surface area contributed by atoms with Gasteiger partial charge in [-0.2, -0.15) is 0 Å². The van der Waals surface area contributed by atoms with Crippen LogP contribution in [-0.2, 0) is 0 Å². The third-order valence-corrected chi connectivity index (χ3v) is 5.26. The molecule has 0 saturated carbocycles. The lowest BCUT2D eigenvalue weighted by Gasteiger charge is -2.40. The first-order valence-electron chi connectivity index (χ1n) is 8.82. The van der Waals surface area contributed by atoms with E-state index in [1.165, 1.54) is 0 Å². The number of fused-ring (bicyclic) bond motifs is 1. The van der Waals surface area contributed by atoms with Crippen molar-refractivity contribution in [2.75, 3.05) is 13.1 Å². The Balaban J connectivity index is 1.51. The molecule has 3 heterocycles. The molecule has 25 heavy (non-hydrogen) atoms. The molecule has 0 bridgehead atoms. The second kappa shape index (κ2) is 6.48. The van der Waals surface area contributed by atoms with Crippen molar-refractivity contribution in [2.24, 2.45) is 0 Å². The monoisotopic (exact) mass is 338 g/mol. The number of rotatable bonds is 1. The third-order valence-electron chi connectivity index (χ3n) is 5.26. The molecule has 0 aliphatic carbocycles. The maximum Gasteiger partial charge on any atom is 0.255 e. The zero-order chi connectivity index (χ0) is 17.3. The maximum atomic E-state index is 12.7. The van der Waals surface area contributed by atoms with E-state index in [9.17, 15) is 9.90 Å². The van der Waals surface area contributed by atoms with E-state index in [1.54, 1.807) is 24.5 Å². The molecule has 1 aromatic carbocycles. The highest BCUT2D eigenvalue weighted by Gasteiger charge is 2.42. The molecule has 130 valence electrons. The number of pyridine rings is 1. The van der Waals surface area contributed by atoms with Crippen molar-refractivity contribution in [2.45, 2.75) is 37.4 Å². The van der Waals surface area contributed by atoms with Gasteiger partial charge in [0.2, 0.25) is 0 Å². The molecule has 4 rings (SSSR count). The Kier molecular flexibility index (Phi) is 4.17. The van der Waals surface area contributed by atoms with Gasteiger partial charge in [-0.25, -0.2) is 0 Å². The van der Waals surface area contributed by atoms with Gasteiger partial charge in [0.05, 0.1) is 11.7 Å². The lowest BCUT2D eigenvalue weighted by molar-refractivity contribution is -0.0235. The van der Waals surface area contributed by atoms with Crippen LogP contribution in [0, 0.1) is 0 Å². The number of carbonyl (C=O) groups is 1. The fourth-order valence-corrected chi connectivity index (χ4v) is 3.93. The number of amides is 1. The van der Waals surface area contributed by atoms with Crippen LogP contribution in [0.4, 0.5) is 0 Å². The molecule has 1 fully saturated rings. The van der Waals surface area contributed by atoms with Gasteiger partial charge >= 0.3 is 0 Å². The van der Waals surface area contributed by atoms with E-state index in [1.807, 2.05) is 29.2 Å². The second-order valence-electron chi connectivity index (χ2n) is 6.93. The number of para-hydroxylation sites is 1.